The minimum atomic E-state index is 0.508. The molecule has 2 heterocycles. The van der Waals surface area contributed by atoms with Gasteiger partial charge in [-0.05, 0) is 49.9 Å². The number of hydrogen-bond acceptors (Lipinski definition) is 2. The van der Waals surface area contributed by atoms with E-state index in [0.717, 1.165) is 6.04 Å². The summed E-state index contributed by atoms with van der Waals surface area (Å²) >= 11 is 3.54. The van der Waals surface area contributed by atoms with E-state index < -0.39 is 0 Å². The number of hydrogen-bond donors (Lipinski definition) is 0. The fourth-order valence-corrected chi connectivity index (χ4v) is 4.30. The zero-order chi connectivity index (χ0) is 15.0. The van der Waals surface area contributed by atoms with E-state index in [4.69, 9.17) is 0 Å². The number of rotatable bonds is 3. The highest BCUT2D eigenvalue weighted by atomic mass is 79.9. The quantitative estimate of drug-likeness (QED) is 0.801. The smallest absolute Gasteiger partial charge is 0.0324 e. The lowest BCUT2D eigenvalue weighted by Gasteiger charge is -2.48. The maximum atomic E-state index is 3.54. The van der Waals surface area contributed by atoms with Crippen LogP contribution in [0, 0.1) is 5.92 Å². The van der Waals surface area contributed by atoms with Crippen molar-refractivity contribution in [3.63, 3.8) is 0 Å². The molecule has 1 aromatic rings. The molecule has 21 heavy (non-hydrogen) atoms. The van der Waals surface area contributed by atoms with Crippen molar-refractivity contribution in [2.75, 3.05) is 19.6 Å². The molecule has 0 aliphatic carbocycles. The lowest BCUT2D eigenvalue weighted by atomic mass is 9.93. The predicted molar refractivity (Wildman–Crippen MR) is 92.5 cm³/mol. The lowest BCUT2D eigenvalue weighted by molar-refractivity contribution is 0.00404. The molecule has 116 valence electrons. The summed E-state index contributed by atoms with van der Waals surface area (Å²) in [7, 11) is 0. The monoisotopic (exact) mass is 350 g/mol. The van der Waals surface area contributed by atoms with E-state index in [2.05, 4.69) is 70.8 Å². The molecule has 0 bridgehead atoms. The topological polar surface area (TPSA) is 6.48 Å². The molecule has 3 unspecified atom stereocenters. The SMILES string of the molecule is CC(C)C1CN2CCCC2CN1C(C)c1ccc(Br)cc1. The molecule has 1 aromatic carbocycles. The van der Waals surface area contributed by atoms with Crippen molar-refractivity contribution >= 4 is 15.9 Å². The van der Waals surface area contributed by atoms with Gasteiger partial charge in [0.1, 0.15) is 0 Å². The Hall–Kier alpha value is -0.380. The van der Waals surface area contributed by atoms with Gasteiger partial charge in [0.15, 0.2) is 0 Å². The summed E-state index contributed by atoms with van der Waals surface area (Å²) in [5, 5.41) is 0. The third kappa shape index (κ3) is 3.20. The van der Waals surface area contributed by atoms with Crippen LogP contribution in [0.4, 0.5) is 0 Å². The number of nitrogens with zero attached hydrogens (tertiary/aromatic N) is 2. The van der Waals surface area contributed by atoms with Crippen molar-refractivity contribution < 1.29 is 0 Å². The molecule has 0 amide bonds. The highest BCUT2D eigenvalue weighted by Gasteiger charge is 2.39. The molecule has 0 N–H and O–H groups in total. The first-order chi connectivity index (χ1) is 10.1. The van der Waals surface area contributed by atoms with Crippen molar-refractivity contribution in [1.29, 1.82) is 0 Å². The van der Waals surface area contributed by atoms with Crippen LogP contribution in [0.1, 0.15) is 45.2 Å². The Balaban J connectivity index is 1.81. The van der Waals surface area contributed by atoms with E-state index in [1.54, 1.807) is 0 Å². The highest BCUT2D eigenvalue weighted by Crippen LogP contribution is 2.33. The molecule has 2 aliphatic rings. The van der Waals surface area contributed by atoms with Crippen LogP contribution in [-0.2, 0) is 0 Å². The zero-order valence-corrected chi connectivity index (χ0v) is 15.0. The van der Waals surface area contributed by atoms with Crippen molar-refractivity contribution in [3.05, 3.63) is 34.3 Å². The Morgan fingerprint density at radius 3 is 2.48 bits per heavy atom. The second-order valence-electron chi connectivity index (χ2n) is 7.03. The molecule has 0 aromatic heterocycles. The minimum absolute atomic E-state index is 0.508. The van der Waals surface area contributed by atoms with Crippen LogP contribution in [0.5, 0.6) is 0 Å². The van der Waals surface area contributed by atoms with Gasteiger partial charge in [0.25, 0.3) is 0 Å². The van der Waals surface area contributed by atoms with Gasteiger partial charge in [-0.15, -0.1) is 0 Å². The number of halogens is 1. The highest BCUT2D eigenvalue weighted by molar-refractivity contribution is 9.10. The number of piperazine rings is 1. The van der Waals surface area contributed by atoms with Crippen LogP contribution in [0.2, 0.25) is 0 Å². The van der Waals surface area contributed by atoms with Gasteiger partial charge in [0.05, 0.1) is 0 Å². The summed E-state index contributed by atoms with van der Waals surface area (Å²) < 4.78 is 1.17. The van der Waals surface area contributed by atoms with Crippen molar-refractivity contribution in [3.8, 4) is 0 Å². The standard InChI is InChI=1S/C18H27BrN2/c1-13(2)18-12-20-10-4-5-17(20)11-21(18)14(3)15-6-8-16(19)9-7-15/h6-9,13-14,17-18H,4-5,10-12H2,1-3H3. The summed E-state index contributed by atoms with van der Waals surface area (Å²) in [5.74, 6) is 0.712. The molecule has 2 fully saturated rings. The number of benzene rings is 1. The van der Waals surface area contributed by atoms with Crippen LogP contribution >= 0.6 is 15.9 Å². The van der Waals surface area contributed by atoms with E-state index in [1.165, 1.54) is 42.5 Å². The molecule has 2 aliphatic heterocycles. The van der Waals surface area contributed by atoms with Crippen LogP contribution < -0.4 is 0 Å². The molecule has 0 saturated carbocycles. The molecule has 0 spiro atoms. The average Bonchev–Trinajstić information content (AvgIpc) is 2.93. The van der Waals surface area contributed by atoms with Gasteiger partial charge in [0, 0.05) is 35.7 Å². The minimum Gasteiger partial charge on any atom is -0.298 e. The normalized spacial score (nSPS) is 28.8. The Bertz CT molecular complexity index is 471. The molecule has 3 atom stereocenters. The Morgan fingerprint density at radius 1 is 1.10 bits per heavy atom. The Morgan fingerprint density at radius 2 is 1.81 bits per heavy atom. The Kier molecular flexibility index (Phi) is 4.72. The van der Waals surface area contributed by atoms with Crippen LogP contribution in [-0.4, -0.2) is 41.5 Å². The van der Waals surface area contributed by atoms with Crippen molar-refractivity contribution in [2.45, 2.75) is 51.7 Å². The van der Waals surface area contributed by atoms with Gasteiger partial charge < -0.3 is 0 Å². The summed E-state index contributed by atoms with van der Waals surface area (Å²) in [6, 6.07) is 10.9. The van der Waals surface area contributed by atoms with Crippen LogP contribution in [0.15, 0.2) is 28.7 Å². The lowest BCUT2D eigenvalue weighted by Crippen LogP contribution is -2.58. The van der Waals surface area contributed by atoms with Crippen LogP contribution in [0.3, 0.4) is 0 Å². The Labute approximate surface area is 137 Å². The van der Waals surface area contributed by atoms with Gasteiger partial charge in [-0.1, -0.05) is 41.9 Å². The summed E-state index contributed by atoms with van der Waals surface area (Å²) in [4.78, 5) is 5.50. The summed E-state index contributed by atoms with van der Waals surface area (Å²) in [5.41, 5.74) is 1.44. The van der Waals surface area contributed by atoms with Crippen molar-refractivity contribution in [2.24, 2.45) is 5.92 Å². The summed E-state index contributed by atoms with van der Waals surface area (Å²) in [6.07, 6.45) is 2.77. The van der Waals surface area contributed by atoms with E-state index in [0.29, 0.717) is 18.0 Å². The van der Waals surface area contributed by atoms with Gasteiger partial charge >= 0.3 is 0 Å². The molecule has 3 rings (SSSR count). The van der Waals surface area contributed by atoms with Crippen LogP contribution in [0.25, 0.3) is 0 Å². The van der Waals surface area contributed by atoms with Gasteiger partial charge in [-0.3, -0.25) is 9.80 Å². The maximum absolute atomic E-state index is 3.54. The van der Waals surface area contributed by atoms with Gasteiger partial charge in [-0.2, -0.15) is 0 Å². The van der Waals surface area contributed by atoms with E-state index in [1.807, 2.05) is 0 Å². The largest absolute Gasteiger partial charge is 0.298 e. The van der Waals surface area contributed by atoms with Gasteiger partial charge in [-0.25, -0.2) is 0 Å². The second-order valence-corrected chi connectivity index (χ2v) is 7.94. The predicted octanol–water partition coefficient (Wildman–Crippen LogP) is 4.31. The molecular formula is C18H27BrN2. The van der Waals surface area contributed by atoms with E-state index in [9.17, 15) is 0 Å². The first kappa shape index (κ1) is 15.5. The molecule has 2 saturated heterocycles. The molecule has 2 nitrogen and oxygen atoms in total. The fourth-order valence-electron chi connectivity index (χ4n) is 4.04. The number of fused-ring (bicyclic) bond motifs is 1. The van der Waals surface area contributed by atoms with Crippen molar-refractivity contribution in [1.82, 2.24) is 9.80 Å². The third-order valence-electron chi connectivity index (χ3n) is 5.39. The maximum Gasteiger partial charge on any atom is 0.0324 e. The second kappa shape index (κ2) is 6.39. The summed E-state index contributed by atoms with van der Waals surface area (Å²) in [6.45, 7) is 10.9. The molecule has 0 radical (unpaired) electrons. The third-order valence-corrected chi connectivity index (χ3v) is 5.92. The zero-order valence-electron chi connectivity index (χ0n) is 13.4. The van der Waals surface area contributed by atoms with E-state index >= 15 is 0 Å². The van der Waals surface area contributed by atoms with E-state index in [-0.39, 0.29) is 0 Å². The first-order valence-corrected chi connectivity index (χ1v) is 9.11. The first-order valence-electron chi connectivity index (χ1n) is 8.31. The molecular weight excluding hydrogens is 324 g/mol. The fraction of sp³-hybridized carbons (Fsp3) is 0.667. The van der Waals surface area contributed by atoms with Gasteiger partial charge in [0.2, 0.25) is 0 Å². The average molecular weight is 351 g/mol. The molecule has 3 heteroatoms.